The van der Waals surface area contributed by atoms with E-state index in [0.717, 1.165) is 5.56 Å². The highest BCUT2D eigenvalue weighted by Crippen LogP contribution is 2.24. The second-order valence-corrected chi connectivity index (χ2v) is 5.32. The third-order valence-corrected chi connectivity index (χ3v) is 3.57. The molecular formula is C14H15ClN4S. The Kier molecular flexibility index (Phi) is 4.52. The van der Waals surface area contributed by atoms with Crippen LogP contribution in [0.2, 0.25) is 5.02 Å². The zero-order valence-electron chi connectivity index (χ0n) is 11.2. The molecule has 0 saturated carbocycles. The molecule has 0 radical (unpaired) electrons. The van der Waals surface area contributed by atoms with Gasteiger partial charge in [0.2, 0.25) is 5.95 Å². The Balaban J connectivity index is 2.28. The van der Waals surface area contributed by atoms with E-state index in [1.165, 1.54) is 0 Å². The van der Waals surface area contributed by atoms with Crippen LogP contribution in [0, 0.1) is 0 Å². The molecule has 2 rings (SSSR count). The van der Waals surface area contributed by atoms with Crippen molar-refractivity contribution in [3.8, 4) is 0 Å². The number of hydrogen-bond acceptors (Lipinski definition) is 4. The van der Waals surface area contributed by atoms with Gasteiger partial charge in [0.25, 0.3) is 0 Å². The number of nitrogens with two attached hydrogens (primary N) is 1. The van der Waals surface area contributed by atoms with E-state index >= 15 is 0 Å². The Bertz CT molecular complexity index is 632. The first kappa shape index (κ1) is 14.7. The average molecular weight is 307 g/mol. The Labute approximate surface area is 128 Å². The second kappa shape index (κ2) is 6.15. The highest BCUT2D eigenvalue weighted by Gasteiger charge is 2.15. The Morgan fingerprint density at radius 3 is 2.80 bits per heavy atom. The first-order chi connectivity index (χ1) is 9.49. The van der Waals surface area contributed by atoms with Crippen molar-refractivity contribution in [1.82, 2.24) is 9.97 Å². The van der Waals surface area contributed by atoms with Gasteiger partial charge in [-0.3, -0.25) is 0 Å². The van der Waals surface area contributed by atoms with Crippen molar-refractivity contribution in [3.63, 3.8) is 0 Å². The van der Waals surface area contributed by atoms with Crippen molar-refractivity contribution < 1.29 is 0 Å². The molecule has 1 atom stereocenters. The molecule has 2 N–H and O–H groups in total. The molecule has 20 heavy (non-hydrogen) atoms. The molecule has 1 heterocycles. The van der Waals surface area contributed by atoms with Crippen LogP contribution in [0.4, 0.5) is 5.95 Å². The predicted molar refractivity (Wildman–Crippen MR) is 86.2 cm³/mol. The lowest BCUT2D eigenvalue weighted by atomic mass is 10.1. The molecule has 0 aliphatic rings. The van der Waals surface area contributed by atoms with Crippen molar-refractivity contribution in [3.05, 3.63) is 52.8 Å². The molecule has 6 heteroatoms. The zero-order chi connectivity index (χ0) is 14.7. The number of aromatic nitrogens is 2. The third-order valence-electron chi connectivity index (χ3n) is 3.12. The van der Waals surface area contributed by atoms with Crippen LogP contribution in [-0.2, 0) is 0 Å². The molecular weight excluding hydrogens is 292 g/mol. The SMILES string of the molecule is CC(c1cccc(Cl)c1)N(C)c1nccc(C(N)=S)n1. The molecule has 0 aliphatic carbocycles. The monoisotopic (exact) mass is 306 g/mol. The number of nitrogens with zero attached hydrogens (tertiary/aromatic N) is 3. The van der Waals surface area contributed by atoms with Crippen LogP contribution in [0.3, 0.4) is 0 Å². The van der Waals surface area contributed by atoms with Gasteiger partial charge in [-0.05, 0) is 30.7 Å². The van der Waals surface area contributed by atoms with Crippen LogP contribution < -0.4 is 10.6 Å². The molecule has 0 bridgehead atoms. The number of anilines is 1. The maximum absolute atomic E-state index is 6.02. The predicted octanol–water partition coefficient (Wildman–Crippen LogP) is 2.96. The fourth-order valence-corrected chi connectivity index (χ4v) is 2.13. The third kappa shape index (κ3) is 3.23. The van der Waals surface area contributed by atoms with E-state index in [1.54, 1.807) is 12.3 Å². The standard InChI is InChI=1S/C14H15ClN4S/c1-9(10-4-3-5-11(15)8-10)19(2)14-17-7-6-12(18-14)13(16)20/h3-9H,1-2H3,(H2,16,20). The van der Waals surface area contributed by atoms with Gasteiger partial charge in [0, 0.05) is 18.3 Å². The van der Waals surface area contributed by atoms with E-state index in [2.05, 4.69) is 16.9 Å². The van der Waals surface area contributed by atoms with Crippen LogP contribution in [0.1, 0.15) is 24.2 Å². The molecule has 0 fully saturated rings. The highest BCUT2D eigenvalue weighted by molar-refractivity contribution is 7.80. The lowest BCUT2D eigenvalue weighted by Gasteiger charge is -2.25. The van der Waals surface area contributed by atoms with E-state index in [1.807, 2.05) is 36.2 Å². The van der Waals surface area contributed by atoms with Crippen molar-refractivity contribution >= 4 is 34.8 Å². The zero-order valence-corrected chi connectivity index (χ0v) is 12.8. The molecule has 1 aromatic heterocycles. The summed E-state index contributed by atoms with van der Waals surface area (Å²) in [7, 11) is 1.92. The molecule has 1 aromatic carbocycles. The normalized spacial score (nSPS) is 11.9. The maximum Gasteiger partial charge on any atom is 0.226 e. The molecule has 0 saturated heterocycles. The van der Waals surface area contributed by atoms with Crippen molar-refractivity contribution in [1.29, 1.82) is 0 Å². The molecule has 2 aromatic rings. The minimum absolute atomic E-state index is 0.0790. The Morgan fingerprint density at radius 2 is 2.15 bits per heavy atom. The quantitative estimate of drug-likeness (QED) is 0.880. The topological polar surface area (TPSA) is 55.0 Å². The highest BCUT2D eigenvalue weighted by atomic mass is 35.5. The number of halogens is 1. The smallest absolute Gasteiger partial charge is 0.226 e. The van der Waals surface area contributed by atoms with Crippen LogP contribution in [0.25, 0.3) is 0 Å². The summed E-state index contributed by atoms with van der Waals surface area (Å²) in [4.78, 5) is 10.8. The van der Waals surface area contributed by atoms with Crippen LogP contribution in [-0.4, -0.2) is 22.0 Å². The fourth-order valence-electron chi connectivity index (χ4n) is 1.82. The molecule has 0 spiro atoms. The van der Waals surface area contributed by atoms with Gasteiger partial charge in [-0.1, -0.05) is 36.0 Å². The molecule has 0 amide bonds. The fraction of sp³-hybridized carbons (Fsp3) is 0.214. The van der Waals surface area contributed by atoms with Crippen LogP contribution >= 0.6 is 23.8 Å². The lowest BCUT2D eigenvalue weighted by molar-refractivity contribution is 0.715. The minimum Gasteiger partial charge on any atom is -0.388 e. The Morgan fingerprint density at radius 1 is 1.40 bits per heavy atom. The number of thiocarbonyl (C=S) groups is 1. The summed E-state index contributed by atoms with van der Waals surface area (Å²) < 4.78 is 0. The number of hydrogen-bond donors (Lipinski definition) is 1. The Hall–Kier alpha value is -1.72. The molecule has 1 unspecified atom stereocenters. The molecule has 0 aliphatic heterocycles. The number of benzene rings is 1. The van der Waals surface area contributed by atoms with Gasteiger partial charge in [0.1, 0.15) is 10.7 Å². The van der Waals surface area contributed by atoms with Gasteiger partial charge in [-0.15, -0.1) is 0 Å². The largest absolute Gasteiger partial charge is 0.388 e. The van der Waals surface area contributed by atoms with E-state index in [4.69, 9.17) is 29.6 Å². The second-order valence-electron chi connectivity index (χ2n) is 4.45. The van der Waals surface area contributed by atoms with Gasteiger partial charge >= 0.3 is 0 Å². The van der Waals surface area contributed by atoms with Crippen molar-refractivity contribution in [2.45, 2.75) is 13.0 Å². The summed E-state index contributed by atoms with van der Waals surface area (Å²) in [6, 6.07) is 9.50. The average Bonchev–Trinajstić information content (AvgIpc) is 2.45. The first-order valence-corrected chi connectivity index (χ1v) is 6.89. The van der Waals surface area contributed by atoms with Crippen LogP contribution in [0.5, 0.6) is 0 Å². The summed E-state index contributed by atoms with van der Waals surface area (Å²) in [6.45, 7) is 2.06. The molecule has 104 valence electrons. The van der Waals surface area contributed by atoms with Crippen molar-refractivity contribution in [2.75, 3.05) is 11.9 Å². The summed E-state index contributed by atoms with van der Waals surface area (Å²) in [5.41, 5.74) is 7.25. The summed E-state index contributed by atoms with van der Waals surface area (Å²) in [5.74, 6) is 0.572. The van der Waals surface area contributed by atoms with E-state index < -0.39 is 0 Å². The van der Waals surface area contributed by atoms with E-state index in [0.29, 0.717) is 16.7 Å². The summed E-state index contributed by atoms with van der Waals surface area (Å²) >= 11 is 11.0. The first-order valence-electron chi connectivity index (χ1n) is 6.10. The maximum atomic E-state index is 6.02. The number of rotatable bonds is 4. The van der Waals surface area contributed by atoms with Gasteiger partial charge in [0.15, 0.2) is 0 Å². The van der Waals surface area contributed by atoms with Gasteiger partial charge in [-0.25, -0.2) is 9.97 Å². The van der Waals surface area contributed by atoms with Gasteiger partial charge in [0.05, 0.1) is 6.04 Å². The molecule has 4 nitrogen and oxygen atoms in total. The summed E-state index contributed by atoms with van der Waals surface area (Å²) in [5, 5.41) is 0.709. The summed E-state index contributed by atoms with van der Waals surface area (Å²) in [6.07, 6.45) is 1.65. The van der Waals surface area contributed by atoms with E-state index in [-0.39, 0.29) is 11.0 Å². The van der Waals surface area contributed by atoms with Crippen LogP contribution in [0.15, 0.2) is 36.5 Å². The van der Waals surface area contributed by atoms with E-state index in [9.17, 15) is 0 Å². The minimum atomic E-state index is 0.0790. The van der Waals surface area contributed by atoms with Crippen molar-refractivity contribution in [2.24, 2.45) is 5.73 Å². The van der Waals surface area contributed by atoms with Gasteiger partial charge in [-0.2, -0.15) is 0 Å². The van der Waals surface area contributed by atoms with Gasteiger partial charge < -0.3 is 10.6 Å². The lowest BCUT2D eigenvalue weighted by Crippen LogP contribution is -2.25.